The average molecular weight is 275 g/mol. The lowest BCUT2D eigenvalue weighted by Gasteiger charge is -2.37. The van der Waals surface area contributed by atoms with E-state index in [0.29, 0.717) is 5.70 Å². The van der Waals surface area contributed by atoms with Gasteiger partial charge in [-0.15, -0.1) is 0 Å². The van der Waals surface area contributed by atoms with Crippen LogP contribution in [0.3, 0.4) is 0 Å². The summed E-state index contributed by atoms with van der Waals surface area (Å²) < 4.78 is 0. The second-order valence-electron chi connectivity index (χ2n) is 4.35. The molecule has 1 aromatic carbocycles. The molecule has 1 aliphatic rings. The molecular formula is C14H17N3OS. The van der Waals surface area contributed by atoms with Crippen molar-refractivity contribution < 1.29 is 4.79 Å². The molecule has 1 amide bonds. The number of anilines is 1. The molecule has 0 bridgehead atoms. The number of nitrogens with one attached hydrogen (secondary N) is 1. The maximum absolute atomic E-state index is 11.6. The molecule has 1 saturated heterocycles. The van der Waals surface area contributed by atoms with Crippen LogP contribution in [0.25, 0.3) is 0 Å². The molecule has 5 heteroatoms. The van der Waals surface area contributed by atoms with E-state index >= 15 is 0 Å². The fourth-order valence-corrected chi connectivity index (χ4v) is 2.26. The fourth-order valence-electron chi connectivity index (χ4n) is 2.15. The van der Waals surface area contributed by atoms with Crippen molar-refractivity contribution >= 4 is 29.3 Å². The first-order valence-corrected chi connectivity index (χ1v) is 6.68. The Labute approximate surface area is 118 Å². The van der Waals surface area contributed by atoms with Gasteiger partial charge in [-0.25, -0.2) is 0 Å². The topological polar surface area (TPSA) is 35.6 Å². The van der Waals surface area contributed by atoms with Gasteiger partial charge >= 0.3 is 0 Å². The minimum Gasteiger partial charge on any atom is -0.368 e. The van der Waals surface area contributed by atoms with Crippen molar-refractivity contribution in [2.24, 2.45) is 0 Å². The highest BCUT2D eigenvalue weighted by atomic mass is 32.1. The summed E-state index contributed by atoms with van der Waals surface area (Å²) >= 11 is 4.61. The Morgan fingerprint density at radius 2 is 1.84 bits per heavy atom. The first-order valence-electron chi connectivity index (χ1n) is 6.20. The molecule has 1 heterocycles. The van der Waals surface area contributed by atoms with Crippen LogP contribution in [0.5, 0.6) is 0 Å². The van der Waals surface area contributed by atoms with Crippen molar-refractivity contribution in [2.75, 3.05) is 31.1 Å². The zero-order valence-electron chi connectivity index (χ0n) is 10.7. The van der Waals surface area contributed by atoms with Gasteiger partial charge in [-0.2, -0.15) is 0 Å². The summed E-state index contributed by atoms with van der Waals surface area (Å²) in [5, 5.41) is 2.48. The Balaban J connectivity index is 1.91. The molecule has 0 atom stereocenters. The van der Waals surface area contributed by atoms with Gasteiger partial charge in [0, 0.05) is 31.9 Å². The van der Waals surface area contributed by atoms with E-state index in [0.717, 1.165) is 26.2 Å². The third-order valence-electron chi connectivity index (χ3n) is 3.23. The van der Waals surface area contributed by atoms with Gasteiger partial charge < -0.3 is 15.1 Å². The van der Waals surface area contributed by atoms with E-state index < -0.39 is 0 Å². The van der Waals surface area contributed by atoms with E-state index in [1.165, 1.54) is 11.2 Å². The Kier molecular flexibility index (Phi) is 4.52. The van der Waals surface area contributed by atoms with Crippen molar-refractivity contribution in [1.82, 2.24) is 10.2 Å². The maximum atomic E-state index is 11.6. The molecule has 2 rings (SSSR count). The lowest BCUT2D eigenvalue weighted by atomic mass is 10.2. The molecular weight excluding hydrogens is 258 g/mol. The molecule has 19 heavy (non-hydrogen) atoms. The zero-order valence-corrected chi connectivity index (χ0v) is 11.5. The van der Waals surface area contributed by atoms with Gasteiger partial charge in [-0.3, -0.25) is 4.79 Å². The van der Waals surface area contributed by atoms with Crippen molar-refractivity contribution in [1.29, 1.82) is 0 Å². The number of para-hydroxylation sites is 1. The third kappa shape index (κ3) is 3.32. The van der Waals surface area contributed by atoms with Gasteiger partial charge in [0.25, 0.3) is 5.91 Å². The molecule has 1 fully saturated rings. The van der Waals surface area contributed by atoms with Crippen LogP contribution < -0.4 is 10.2 Å². The second kappa shape index (κ2) is 6.33. The minimum atomic E-state index is -0.219. The maximum Gasteiger partial charge on any atom is 0.271 e. The first kappa shape index (κ1) is 13.5. The van der Waals surface area contributed by atoms with Gasteiger partial charge in [0.2, 0.25) is 0 Å². The molecule has 1 N–H and O–H groups in total. The standard InChI is InChI=1S/C14H17N3OS/c1-12(14(18)15-11-19)16-7-9-17(10-8-16)13-5-3-2-4-6-13/h2-6,11H,1,7-10H2,(H,15,18,19). The van der Waals surface area contributed by atoms with Crippen LogP contribution in [-0.4, -0.2) is 42.5 Å². The number of hydrogen-bond donors (Lipinski definition) is 1. The quantitative estimate of drug-likeness (QED) is 0.665. The third-order valence-corrected chi connectivity index (χ3v) is 3.35. The molecule has 1 aromatic rings. The highest BCUT2D eigenvalue weighted by Crippen LogP contribution is 2.17. The highest BCUT2D eigenvalue weighted by molar-refractivity contribution is 7.78. The smallest absolute Gasteiger partial charge is 0.271 e. The zero-order chi connectivity index (χ0) is 13.7. The van der Waals surface area contributed by atoms with Gasteiger partial charge in [0.1, 0.15) is 0 Å². The Hall–Kier alpha value is -1.88. The molecule has 0 unspecified atom stereocenters. The summed E-state index contributed by atoms with van der Waals surface area (Å²) in [5.41, 5.74) is 2.92. The fraction of sp³-hybridized carbons (Fsp3) is 0.286. The molecule has 100 valence electrons. The van der Waals surface area contributed by atoms with E-state index in [4.69, 9.17) is 0 Å². The summed E-state index contributed by atoms with van der Waals surface area (Å²) in [6.07, 6.45) is 0. The van der Waals surface area contributed by atoms with Crippen LogP contribution in [-0.2, 0) is 4.79 Å². The van der Waals surface area contributed by atoms with Crippen molar-refractivity contribution in [3.8, 4) is 0 Å². The first-order chi connectivity index (χ1) is 9.22. The molecule has 0 aromatic heterocycles. The average Bonchev–Trinajstić information content (AvgIpc) is 2.48. The normalized spacial score (nSPS) is 14.9. The predicted molar refractivity (Wildman–Crippen MR) is 81.2 cm³/mol. The van der Waals surface area contributed by atoms with E-state index in [-0.39, 0.29) is 5.91 Å². The number of carbonyl (C=O) groups excluding carboxylic acids is 1. The van der Waals surface area contributed by atoms with Crippen molar-refractivity contribution in [3.05, 3.63) is 42.6 Å². The second-order valence-corrected chi connectivity index (χ2v) is 4.58. The van der Waals surface area contributed by atoms with Crippen LogP contribution in [0.15, 0.2) is 42.6 Å². The van der Waals surface area contributed by atoms with Crippen LogP contribution in [0, 0.1) is 0 Å². The number of rotatable bonds is 4. The molecule has 4 nitrogen and oxygen atoms in total. The summed E-state index contributed by atoms with van der Waals surface area (Å²) in [7, 11) is 0. The predicted octanol–water partition coefficient (Wildman–Crippen LogP) is 1.40. The molecule has 0 radical (unpaired) electrons. The Morgan fingerprint density at radius 3 is 2.42 bits per heavy atom. The summed E-state index contributed by atoms with van der Waals surface area (Å²) in [5.74, 6) is -0.219. The summed E-state index contributed by atoms with van der Waals surface area (Å²) in [6.45, 7) is 7.17. The number of amides is 1. The van der Waals surface area contributed by atoms with E-state index in [1.807, 2.05) is 23.1 Å². The Bertz CT molecular complexity index is 467. The van der Waals surface area contributed by atoms with Gasteiger partial charge in [0.05, 0.1) is 11.2 Å². The number of carbonyl (C=O) groups is 1. The number of nitrogens with zero attached hydrogens (tertiary/aromatic N) is 2. The van der Waals surface area contributed by atoms with Crippen LogP contribution in [0.2, 0.25) is 0 Å². The SMILES string of the molecule is C=C(C(=O)NC=S)N1CCN(c2ccccc2)CC1. The van der Waals surface area contributed by atoms with Gasteiger partial charge in [-0.05, 0) is 12.1 Å². The monoisotopic (exact) mass is 275 g/mol. The molecule has 0 spiro atoms. The van der Waals surface area contributed by atoms with Crippen LogP contribution >= 0.6 is 12.2 Å². The van der Waals surface area contributed by atoms with Crippen molar-refractivity contribution in [2.45, 2.75) is 0 Å². The van der Waals surface area contributed by atoms with Crippen LogP contribution in [0.4, 0.5) is 5.69 Å². The van der Waals surface area contributed by atoms with E-state index in [9.17, 15) is 4.79 Å². The van der Waals surface area contributed by atoms with Gasteiger partial charge in [0.15, 0.2) is 0 Å². The highest BCUT2D eigenvalue weighted by Gasteiger charge is 2.21. The number of piperazine rings is 1. The number of hydrogen-bond acceptors (Lipinski definition) is 4. The van der Waals surface area contributed by atoms with E-state index in [1.54, 1.807) is 0 Å². The minimum absolute atomic E-state index is 0.219. The number of benzene rings is 1. The molecule has 0 aliphatic carbocycles. The van der Waals surface area contributed by atoms with Gasteiger partial charge in [-0.1, -0.05) is 37.0 Å². The largest absolute Gasteiger partial charge is 0.368 e. The van der Waals surface area contributed by atoms with Crippen LogP contribution in [0.1, 0.15) is 0 Å². The van der Waals surface area contributed by atoms with E-state index in [2.05, 4.69) is 41.1 Å². The summed E-state index contributed by atoms with van der Waals surface area (Å²) in [6, 6.07) is 10.3. The Morgan fingerprint density at radius 1 is 1.21 bits per heavy atom. The molecule has 1 aliphatic heterocycles. The molecule has 0 saturated carbocycles. The van der Waals surface area contributed by atoms with Crippen molar-refractivity contribution in [3.63, 3.8) is 0 Å². The summed E-state index contributed by atoms with van der Waals surface area (Å²) in [4.78, 5) is 15.9. The number of thiocarbonyl (C=S) groups is 1. The lowest BCUT2D eigenvalue weighted by Crippen LogP contribution is -2.48. The lowest BCUT2D eigenvalue weighted by molar-refractivity contribution is -0.117.